The van der Waals surface area contributed by atoms with Crippen molar-refractivity contribution in [3.8, 4) is 0 Å². The van der Waals surface area contributed by atoms with Gasteiger partial charge in [0.2, 0.25) is 11.8 Å². The molecule has 1 heterocycles. The first-order valence-electron chi connectivity index (χ1n) is 9.61. The molecule has 0 saturated carbocycles. The summed E-state index contributed by atoms with van der Waals surface area (Å²) in [6, 6.07) is 15.6. The highest BCUT2D eigenvalue weighted by atomic mass is 16.2. The van der Waals surface area contributed by atoms with E-state index in [9.17, 15) is 9.59 Å². The molecule has 1 atom stereocenters. The monoisotopic (exact) mass is 365 g/mol. The van der Waals surface area contributed by atoms with Crippen molar-refractivity contribution in [3.63, 3.8) is 0 Å². The average molecular weight is 365 g/mol. The first-order valence-corrected chi connectivity index (χ1v) is 9.61. The van der Waals surface area contributed by atoms with Gasteiger partial charge in [-0.3, -0.25) is 9.59 Å². The number of para-hydroxylation sites is 1. The second-order valence-electron chi connectivity index (χ2n) is 6.99. The average Bonchev–Trinajstić information content (AvgIpc) is 3.12. The molecular formula is C22H27N3O2. The van der Waals surface area contributed by atoms with Gasteiger partial charge in [0.1, 0.15) is 0 Å². The lowest BCUT2D eigenvalue weighted by molar-refractivity contribution is -0.117. The van der Waals surface area contributed by atoms with E-state index in [0.29, 0.717) is 12.3 Å². The summed E-state index contributed by atoms with van der Waals surface area (Å²) >= 11 is 0. The first-order chi connectivity index (χ1) is 13.1. The van der Waals surface area contributed by atoms with Crippen molar-refractivity contribution in [2.24, 2.45) is 0 Å². The van der Waals surface area contributed by atoms with Crippen LogP contribution in [0.5, 0.6) is 0 Å². The van der Waals surface area contributed by atoms with Gasteiger partial charge >= 0.3 is 0 Å². The summed E-state index contributed by atoms with van der Waals surface area (Å²) in [5, 5.41) is 6.14. The smallest absolute Gasteiger partial charge is 0.243 e. The summed E-state index contributed by atoms with van der Waals surface area (Å²) < 4.78 is 0. The lowest BCUT2D eigenvalue weighted by atomic mass is 9.97. The Labute approximate surface area is 160 Å². The number of nitrogens with one attached hydrogen (secondary N) is 2. The molecule has 2 aromatic rings. The van der Waals surface area contributed by atoms with Crippen LogP contribution in [0.25, 0.3) is 0 Å². The molecule has 0 spiro atoms. The molecule has 1 aliphatic rings. The van der Waals surface area contributed by atoms with Gasteiger partial charge in [-0.25, -0.2) is 0 Å². The van der Waals surface area contributed by atoms with E-state index in [2.05, 4.69) is 30.5 Å². The second kappa shape index (κ2) is 8.71. The Morgan fingerprint density at radius 3 is 2.56 bits per heavy atom. The Kier molecular flexibility index (Phi) is 6.12. The molecule has 1 saturated heterocycles. The predicted molar refractivity (Wildman–Crippen MR) is 110 cm³/mol. The minimum absolute atomic E-state index is 0.0982. The molecule has 0 aliphatic carbocycles. The molecular weight excluding hydrogens is 338 g/mol. The number of nitrogens with zero attached hydrogens (tertiary/aromatic N) is 1. The predicted octanol–water partition coefficient (Wildman–Crippen LogP) is 4.38. The van der Waals surface area contributed by atoms with Crippen LogP contribution < -0.4 is 15.5 Å². The number of hydrogen-bond donors (Lipinski definition) is 2. The van der Waals surface area contributed by atoms with Crippen LogP contribution >= 0.6 is 0 Å². The number of anilines is 3. The number of hydrogen-bond acceptors (Lipinski definition) is 3. The normalized spacial score (nSPS) is 14.9. The topological polar surface area (TPSA) is 61.4 Å². The van der Waals surface area contributed by atoms with Gasteiger partial charge in [-0.1, -0.05) is 32.0 Å². The maximum Gasteiger partial charge on any atom is 0.243 e. The second-order valence-corrected chi connectivity index (χ2v) is 6.99. The third-order valence-electron chi connectivity index (χ3n) is 5.08. The minimum atomic E-state index is -0.0982. The fourth-order valence-corrected chi connectivity index (χ4v) is 3.33. The van der Waals surface area contributed by atoms with Gasteiger partial charge in [0.25, 0.3) is 0 Å². The first kappa shape index (κ1) is 19.0. The standard InChI is InChI=1S/C22H27N3O2/c1-3-16(2)19-7-4-5-8-20(19)23-15-21(26)24-17-10-12-18(13-11-17)25-14-6-9-22(25)27/h4-5,7-8,10-13,16,23H,3,6,9,14-15H2,1-2H3,(H,24,26)/t16-/m0/s1. The molecule has 0 bridgehead atoms. The van der Waals surface area contributed by atoms with Crippen LogP contribution in [-0.2, 0) is 9.59 Å². The van der Waals surface area contributed by atoms with E-state index in [0.717, 1.165) is 36.4 Å². The van der Waals surface area contributed by atoms with Gasteiger partial charge < -0.3 is 15.5 Å². The van der Waals surface area contributed by atoms with Crippen LogP contribution in [0, 0.1) is 0 Å². The zero-order chi connectivity index (χ0) is 19.2. The van der Waals surface area contributed by atoms with E-state index in [1.807, 2.05) is 42.5 Å². The quantitative estimate of drug-likeness (QED) is 0.765. The molecule has 0 aromatic heterocycles. The maximum atomic E-state index is 12.3. The largest absolute Gasteiger partial charge is 0.376 e. The van der Waals surface area contributed by atoms with Crippen molar-refractivity contribution in [2.75, 3.05) is 28.6 Å². The van der Waals surface area contributed by atoms with Crippen LogP contribution in [0.1, 0.15) is 44.6 Å². The number of benzene rings is 2. The summed E-state index contributed by atoms with van der Waals surface area (Å²) in [5.74, 6) is 0.507. The molecule has 2 N–H and O–H groups in total. The molecule has 0 radical (unpaired) electrons. The molecule has 3 rings (SSSR count). The van der Waals surface area contributed by atoms with Gasteiger partial charge in [-0.15, -0.1) is 0 Å². The van der Waals surface area contributed by atoms with Crippen molar-refractivity contribution in [3.05, 3.63) is 54.1 Å². The SMILES string of the molecule is CC[C@H](C)c1ccccc1NCC(=O)Nc1ccc(N2CCCC2=O)cc1. The van der Waals surface area contributed by atoms with Gasteiger partial charge in [-0.05, 0) is 54.7 Å². The Morgan fingerprint density at radius 1 is 1.15 bits per heavy atom. The summed E-state index contributed by atoms with van der Waals surface area (Å²) in [7, 11) is 0. The Bertz CT molecular complexity index is 801. The number of carbonyl (C=O) groups is 2. The van der Waals surface area contributed by atoms with Crippen LogP contribution in [0.2, 0.25) is 0 Å². The van der Waals surface area contributed by atoms with Gasteiger partial charge in [-0.2, -0.15) is 0 Å². The number of rotatable bonds is 7. The zero-order valence-corrected chi connectivity index (χ0v) is 16.0. The van der Waals surface area contributed by atoms with Crippen LogP contribution in [0.15, 0.2) is 48.5 Å². The van der Waals surface area contributed by atoms with E-state index >= 15 is 0 Å². The molecule has 27 heavy (non-hydrogen) atoms. The van der Waals surface area contributed by atoms with Crippen LogP contribution in [0.3, 0.4) is 0 Å². The van der Waals surface area contributed by atoms with Crippen molar-refractivity contribution >= 4 is 28.9 Å². The number of carbonyl (C=O) groups excluding carboxylic acids is 2. The van der Waals surface area contributed by atoms with E-state index < -0.39 is 0 Å². The Morgan fingerprint density at radius 2 is 1.89 bits per heavy atom. The van der Waals surface area contributed by atoms with Gasteiger partial charge in [0.15, 0.2) is 0 Å². The zero-order valence-electron chi connectivity index (χ0n) is 16.0. The third-order valence-corrected chi connectivity index (χ3v) is 5.08. The van der Waals surface area contributed by atoms with Crippen molar-refractivity contribution < 1.29 is 9.59 Å². The lowest BCUT2D eigenvalue weighted by Crippen LogP contribution is -2.24. The van der Waals surface area contributed by atoms with E-state index in [4.69, 9.17) is 0 Å². The van der Waals surface area contributed by atoms with E-state index in [1.165, 1.54) is 5.56 Å². The van der Waals surface area contributed by atoms with E-state index in [-0.39, 0.29) is 18.4 Å². The van der Waals surface area contributed by atoms with Gasteiger partial charge in [0.05, 0.1) is 6.54 Å². The molecule has 142 valence electrons. The van der Waals surface area contributed by atoms with Gasteiger partial charge in [0, 0.05) is 30.0 Å². The fourth-order valence-electron chi connectivity index (χ4n) is 3.33. The lowest BCUT2D eigenvalue weighted by Gasteiger charge is -2.17. The molecule has 0 unspecified atom stereocenters. The molecule has 1 fully saturated rings. The molecule has 2 amide bonds. The highest BCUT2D eigenvalue weighted by molar-refractivity contribution is 5.96. The van der Waals surface area contributed by atoms with Crippen LogP contribution in [-0.4, -0.2) is 24.9 Å². The highest BCUT2D eigenvalue weighted by Crippen LogP contribution is 2.26. The summed E-state index contributed by atoms with van der Waals surface area (Å²) in [6.45, 7) is 5.32. The maximum absolute atomic E-state index is 12.3. The Balaban J connectivity index is 1.56. The molecule has 2 aromatic carbocycles. The minimum Gasteiger partial charge on any atom is -0.376 e. The molecule has 1 aliphatic heterocycles. The van der Waals surface area contributed by atoms with Crippen molar-refractivity contribution in [1.82, 2.24) is 0 Å². The van der Waals surface area contributed by atoms with Crippen molar-refractivity contribution in [1.29, 1.82) is 0 Å². The summed E-state index contributed by atoms with van der Waals surface area (Å²) in [5.41, 5.74) is 3.85. The summed E-state index contributed by atoms with van der Waals surface area (Å²) in [6.07, 6.45) is 2.57. The Hall–Kier alpha value is -2.82. The summed E-state index contributed by atoms with van der Waals surface area (Å²) in [4.78, 5) is 25.9. The fraction of sp³-hybridized carbons (Fsp3) is 0.364. The molecule has 5 heteroatoms. The number of amides is 2. The molecule has 5 nitrogen and oxygen atoms in total. The van der Waals surface area contributed by atoms with E-state index in [1.54, 1.807) is 4.90 Å². The highest BCUT2D eigenvalue weighted by Gasteiger charge is 2.21. The van der Waals surface area contributed by atoms with Crippen molar-refractivity contribution in [2.45, 2.75) is 39.0 Å². The van der Waals surface area contributed by atoms with Crippen LogP contribution in [0.4, 0.5) is 17.1 Å². The third kappa shape index (κ3) is 4.67.